The van der Waals surface area contributed by atoms with Crippen molar-refractivity contribution in [2.24, 2.45) is 28.6 Å². The molecule has 162 valence electrons. The van der Waals surface area contributed by atoms with E-state index in [9.17, 15) is 19.8 Å². The Bertz CT molecular complexity index is 802. The second-order valence-electron chi connectivity index (χ2n) is 10.2. The van der Waals surface area contributed by atoms with Crippen LogP contribution in [0.15, 0.2) is 11.6 Å². The predicted octanol–water partition coefficient (Wildman–Crippen LogP) is 3.51. The Hall–Kier alpha value is -0.410. The van der Waals surface area contributed by atoms with Gasteiger partial charge < -0.3 is 10.2 Å². The Kier molecular flexibility index (Phi) is 4.92. The van der Waals surface area contributed by atoms with E-state index in [1.54, 1.807) is 20.8 Å². The van der Waals surface area contributed by atoms with E-state index in [0.717, 1.165) is 0 Å². The highest BCUT2D eigenvalue weighted by atomic mass is 127. The number of Topliss-reactive ketones (excluding diaryl/α,β-unsaturated/α-hetero) is 1. The fourth-order valence-corrected chi connectivity index (χ4v) is 8.17. The van der Waals surface area contributed by atoms with E-state index in [1.165, 1.54) is 6.08 Å². The van der Waals surface area contributed by atoms with Gasteiger partial charge in [0.2, 0.25) is 0 Å². The summed E-state index contributed by atoms with van der Waals surface area (Å²) in [6, 6.07) is 0. The minimum atomic E-state index is -2.09. The van der Waals surface area contributed by atoms with Crippen molar-refractivity contribution in [1.82, 2.24) is 0 Å². The van der Waals surface area contributed by atoms with Crippen LogP contribution in [0.1, 0.15) is 52.9 Å². The third kappa shape index (κ3) is 2.41. The van der Waals surface area contributed by atoms with E-state index in [-0.39, 0.29) is 47.3 Å². The molecule has 0 aromatic rings. The van der Waals surface area contributed by atoms with Crippen molar-refractivity contribution >= 4 is 34.2 Å². The summed E-state index contributed by atoms with van der Waals surface area (Å²) in [4.78, 5) is 24.7. The molecular formula is C22H29F2IO4. The molecule has 0 spiro atoms. The van der Waals surface area contributed by atoms with Gasteiger partial charge in [-0.1, -0.05) is 43.4 Å². The molecule has 29 heavy (non-hydrogen) atoms. The van der Waals surface area contributed by atoms with E-state index in [4.69, 9.17) is 0 Å². The maximum Gasteiger partial charge on any atom is 0.174 e. The number of alkyl halides is 3. The van der Waals surface area contributed by atoms with Crippen molar-refractivity contribution in [2.45, 2.75) is 76.4 Å². The minimum Gasteiger partial charge on any atom is -0.390 e. The van der Waals surface area contributed by atoms with Gasteiger partial charge in [-0.25, -0.2) is 8.78 Å². The van der Waals surface area contributed by atoms with Crippen LogP contribution >= 0.6 is 22.6 Å². The molecule has 0 aliphatic heterocycles. The van der Waals surface area contributed by atoms with Crippen LogP contribution in [0.25, 0.3) is 0 Å². The van der Waals surface area contributed by atoms with Gasteiger partial charge >= 0.3 is 0 Å². The zero-order valence-electron chi connectivity index (χ0n) is 17.1. The Labute approximate surface area is 183 Å². The highest BCUT2D eigenvalue weighted by Gasteiger charge is 2.76. The lowest BCUT2D eigenvalue weighted by atomic mass is 9.43. The molecule has 3 fully saturated rings. The summed E-state index contributed by atoms with van der Waals surface area (Å²) in [6.45, 7) is 5.19. The smallest absolute Gasteiger partial charge is 0.174 e. The molecule has 0 aromatic heterocycles. The van der Waals surface area contributed by atoms with Gasteiger partial charge in [0.15, 0.2) is 11.6 Å². The Morgan fingerprint density at radius 3 is 2.59 bits per heavy atom. The molecular weight excluding hydrogens is 493 g/mol. The van der Waals surface area contributed by atoms with Crippen LogP contribution in [0.4, 0.5) is 8.78 Å². The van der Waals surface area contributed by atoms with Crippen LogP contribution in [0.3, 0.4) is 0 Å². The van der Waals surface area contributed by atoms with Crippen LogP contribution in [0.5, 0.6) is 0 Å². The van der Waals surface area contributed by atoms with E-state index in [2.05, 4.69) is 0 Å². The van der Waals surface area contributed by atoms with Gasteiger partial charge in [-0.15, -0.1) is 0 Å². The second-order valence-corrected chi connectivity index (χ2v) is 10.9. The molecule has 9 atom stereocenters. The van der Waals surface area contributed by atoms with Gasteiger partial charge in [0, 0.05) is 23.2 Å². The van der Waals surface area contributed by atoms with Crippen molar-refractivity contribution in [1.29, 1.82) is 0 Å². The average Bonchev–Trinajstić information content (AvgIpc) is 2.86. The number of rotatable bonds is 2. The molecule has 7 heteroatoms. The quantitative estimate of drug-likeness (QED) is 0.430. The molecule has 4 aliphatic rings. The molecule has 4 nitrogen and oxygen atoms in total. The fourth-order valence-electron chi connectivity index (χ4n) is 7.59. The first kappa shape index (κ1) is 21.8. The SMILES string of the molecule is C[C@H]1CC2C3C[C@H](F)C4=CC(=O)CC[C@]4(C)[C@@]3(F)[C@@H](O)C[C@]2(C)[C@@]1(O)C(=O)CI. The molecule has 3 saturated carbocycles. The van der Waals surface area contributed by atoms with Crippen molar-refractivity contribution < 1.29 is 28.6 Å². The highest BCUT2D eigenvalue weighted by Crippen LogP contribution is 2.71. The van der Waals surface area contributed by atoms with E-state index >= 15 is 8.78 Å². The van der Waals surface area contributed by atoms with Crippen LogP contribution in [0.2, 0.25) is 0 Å². The molecule has 0 radical (unpaired) electrons. The number of aliphatic hydroxyl groups excluding tert-OH is 1. The van der Waals surface area contributed by atoms with Gasteiger partial charge in [-0.05, 0) is 49.2 Å². The molecule has 0 aromatic carbocycles. The predicted molar refractivity (Wildman–Crippen MR) is 112 cm³/mol. The lowest BCUT2D eigenvalue weighted by Crippen LogP contribution is -2.71. The van der Waals surface area contributed by atoms with Crippen molar-refractivity contribution in [3.63, 3.8) is 0 Å². The van der Waals surface area contributed by atoms with Crippen molar-refractivity contribution in [3.05, 3.63) is 11.6 Å². The number of fused-ring (bicyclic) bond motifs is 5. The lowest BCUT2D eigenvalue weighted by Gasteiger charge is -2.64. The number of allylic oxidation sites excluding steroid dienone is 1. The molecule has 0 amide bonds. The zero-order chi connectivity index (χ0) is 21.6. The molecule has 2 N–H and O–H groups in total. The Morgan fingerprint density at radius 2 is 1.97 bits per heavy atom. The normalized spacial score (nSPS) is 54.3. The van der Waals surface area contributed by atoms with Gasteiger partial charge in [0.05, 0.1) is 10.5 Å². The van der Waals surface area contributed by atoms with Crippen molar-refractivity contribution in [3.8, 4) is 0 Å². The van der Waals surface area contributed by atoms with E-state index in [0.29, 0.717) is 6.42 Å². The molecule has 4 aliphatic carbocycles. The number of carbonyl (C=O) groups is 2. The summed E-state index contributed by atoms with van der Waals surface area (Å²) < 4.78 is 32.4. The summed E-state index contributed by atoms with van der Waals surface area (Å²) in [6.07, 6.45) is -1.13. The first-order valence-corrected chi connectivity index (χ1v) is 12.0. The Balaban J connectivity index is 1.86. The van der Waals surface area contributed by atoms with Crippen LogP contribution in [0, 0.1) is 28.6 Å². The molecule has 0 saturated heterocycles. The van der Waals surface area contributed by atoms with Gasteiger partial charge in [-0.2, -0.15) is 0 Å². The number of halogens is 3. The summed E-state index contributed by atoms with van der Waals surface area (Å²) in [5.41, 5.74) is -5.87. The van der Waals surface area contributed by atoms with E-state index in [1.807, 2.05) is 22.6 Å². The number of ketones is 2. The lowest BCUT2D eigenvalue weighted by molar-refractivity contribution is -0.232. The topological polar surface area (TPSA) is 74.6 Å². The molecule has 0 heterocycles. The largest absolute Gasteiger partial charge is 0.390 e. The van der Waals surface area contributed by atoms with Crippen LogP contribution < -0.4 is 0 Å². The fraction of sp³-hybridized carbons (Fsp3) is 0.818. The number of aliphatic hydroxyl groups is 2. The number of carbonyl (C=O) groups excluding carboxylic acids is 2. The summed E-state index contributed by atoms with van der Waals surface area (Å²) in [5.74, 6) is -2.15. The monoisotopic (exact) mass is 522 g/mol. The van der Waals surface area contributed by atoms with Crippen LogP contribution in [-0.4, -0.2) is 49.8 Å². The summed E-state index contributed by atoms with van der Waals surface area (Å²) >= 11 is 1.92. The molecule has 4 rings (SSSR count). The zero-order valence-corrected chi connectivity index (χ0v) is 19.2. The highest BCUT2D eigenvalue weighted by molar-refractivity contribution is 14.1. The third-order valence-corrected chi connectivity index (χ3v) is 9.85. The number of hydrogen-bond acceptors (Lipinski definition) is 4. The second kappa shape index (κ2) is 6.55. The summed E-state index contributed by atoms with van der Waals surface area (Å²) in [5, 5.41) is 22.7. The van der Waals surface area contributed by atoms with Crippen LogP contribution in [-0.2, 0) is 9.59 Å². The maximum atomic E-state index is 17.0. The minimum absolute atomic E-state index is 0.0539. The van der Waals surface area contributed by atoms with Crippen molar-refractivity contribution in [2.75, 3.05) is 4.43 Å². The van der Waals surface area contributed by atoms with Gasteiger partial charge in [-0.3, -0.25) is 9.59 Å². The third-order valence-electron chi connectivity index (χ3n) is 9.15. The first-order valence-electron chi connectivity index (χ1n) is 10.5. The van der Waals surface area contributed by atoms with E-state index < -0.39 is 52.1 Å². The molecule has 0 bridgehead atoms. The number of hydrogen-bond donors (Lipinski definition) is 2. The van der Waals surface area contributed by atoms with Gasteiger partial charge in [0.25, 0.3) is 0 Å². The standard InChI is InChI=1S/C22H29F2IO4/c1-11-6-13-14-8-16(23)15-7-12(26)4-5-19(15,2)21(14,24)17(27)9-20(13,3)22(11,29)18(28)10-25/h7,11,13-14,16-17,27,29H,4-6,8-10H2,1-3H3/t11-,13?,14?,16-,17-,19-,20-,21-,22-/m0/s1. The first-order chi connectivity index (χ1) is 13.4. The summed E-state index contributed by atoms with van der Waals surface area (Å²) in [7, 11) is 0. The average molecular weight is 522 g/mol. The molecule has 2 unspecified atom stereocenters. The maximum absolute atomic E-state index is 17.0. The Morgan fingerprint density at radius 1 is 1.31 bits per heavy atom. The van der Waals surface area contributed by atoms with Gasteiger partial charge in [0.1, 0.15) is 17.4 Å².